The third-order valence-electron chi connectivity index (χ3n) is 3.42. The maximum Gasteiger partial charge on any atom is 0.310 e. The van der Waals surface area contributed by atoms with Gasteiger partial charge in [0.2, 0.25) is 0 Å². The van der Waals surface area contributed by atoms with Crippen molar-refractivity contribution in [3.05, 3.63) is 29.8 Å². The summed E-state index contributed by atoms with van der Waals surface area (Å²) in [5, 5.41) is 2.28. The number of benzene rings is 1. The molecule has 0 spiro atoms. The summed E-state index contributed by atoms with van der Waals surface area (Å²) >= 11 is 0. The van der Waals surface area contributed by atoms with E-state index in [2.05, 4.69) is 5.32 Å². The third kappa shape index (κ3) is 4.47. The van der Waals surface area contributed by atoms with E-state index in [9.17, 15) is 26.8 Å². The van der Waals surface area contributed by atoms with Gasteiger partial charge in [-0.15, -0.1) is 0 Å². The van der Waals surface area contributed by atoms with Gasteiger partial charge in [0.15, 0.2) is 27.6 Å². The van der Waals surface area contributed by atoms with Gasteiger partial charge < -0.3 is 10.1 Å². The number of anilines is 1. The second kappa shape index (κ2) is 6.61. The zero-order chi connectivity index (χ0) is 17.2. The predicted octanol–water partition coefficient (Wildman–Crippen LogP) is 1.27. The van der Waals surface area contributed by atoms with E-state index in [1.54, 1.807) is 0 Å². The summed E-state index contributed by atoms with van der Waals surface area (Å²) in [4.78, 5) is 23.7. The van der Waals surface area contributed by atoms with Crippen molar-refractivity contribution < 1.29 is 31.5 Å². The normalized spacial score (nSPS) is 20.7. The van der Waals surface area contributed by atoms with Crippen LogP contribution >= 0.6 is 0 Å². The summed E-state index contributed by atoms with van der Waals surface area (Å²) in [6.07, 6.45) is -1.03. The van der Waals surface area contributed by atoms with Crippen LogP contribution < -0.4 is 5.32 Å². The smallest absolute Gasteiger partial charge is 0.310 e. The van der Waals surface area contributed by atoms with Gasteiger partial charge in [0.1, 0.15) is 0 Å². The van der Waals surface area contributed by atoms with Gasteiger partial charge in [-0.3, -0.25) is 9.59 Å². The number of rotatable bonds is 4. The van der Waals surface area contributed by atoms with Crippen molar-refractivity contribution >= 4 is 27.4 Å². The lowest BCUT2D eigenvalue weighted by Gasteiger charge is -2.15. The molecular weight excluding hydrogens is 332 g/mol. The van der Waals surface area contributed by atoms with Crippen molar-refractivity contribution in [2.45, 2.75) is 19.4 Å². The number of amides is 1. The molecule has 1 aliphatic heterocycles. The van der Waals surface area contributed by atoms with E-state index in [1.807, 2.05) is 0 Å². The van der Waals surface area contributed by atoms with Crippen molar-refractivity contribution in [2.24, 2.45) is 5.92 Å². The summed E-state index contributed by atoms with van der Waals surface area (Å²) in [6.45, 7) is 1.30. The van der Waals surface area contributed by atoms with Crippen molar-refractivity contribution in [2.75, 3.05) is 16.8 Å². The van der Waals surface area contributed by atoms with Gasteiger partial charge in [0.05, 0.1) is 17.4 Å². The Balaban J connectivity index is 1.92. The van der Waals surface area contributed by atoms with Crippen LogP contribution in [0.3, 0.4) is 0 Å². The molecule has 2 rings (SSSR count). The summed E-state index contributed by atoms with van der Waals surface area (Å²) in [6, 6.07) is 2.81. The van der Waals surface area contributed by atoms with Gasteiger partial charge >= 0.3 is 5.97 Å². The van der Waals surface area contributed by atoms with Gasteiger partial charge in [0.25, 0.3) is 5.91 Å². The minimum atomic E-state index is -3.23. The van der Waals surface area contributed by atoms with Gasteiger partial charge in [-0.1, -0.05) is 0 Å². The van der Waals surface area contributed by atoms with Gasteiger partial charge in [0, 0.05) is 11.8 Å². The molecule has 0 bridgehead atoms. The minimum Gasteiger partial charge on any atom is -0.452 e. The molecule has 0 unspecified atom stereocenters. The zero-order valence-corrected chi connectivity index (χ0v) is 13.0. The monoisotopic (exact) mass is 347 g/mol. The largest absolute Gasteiger partial charge is 0.452 e. The molecule has 0 aromatic heterocycles. The van der Waals surface area contributed by atoms with Crippen LogP contribution in [0, 0.1) is 17.6 Å². The molecule has 9 heteroatoms. The highest BCUT2D eigenvalue weighted by atomic mass is 32.2. The first-order chi connectivity index (χ1) is 10.7. The number of carbonyl (C=O) groups excluding carboxylic acids is 2. The fourth-order valence-corrected chi connectivity index (χ4v) is 3.85. The van der Waals surface area contributed by atoms with Crippen LogP contribution in [0.1, 0.15) is 13.3 Å². The Morgan fingerprint density at radius 2 is 2.00 bits per heavy atom. The lowest BCUT2D eigenvalue weighted by Crippen LogP contribution is -2.32. The van der Waals surface area contributed by atoms with E-state index in [4.69, 9.17) is 4.74 Å². The van der Waals surface area contributed by atoms with Gasteiger partial charge in [-0.25, -0.2) is 17.2 Å². The molecule has 6 nitrogen and oxygen atoms in total. The number of sulfone groups is 1. The van der Waals surface area contributed by atoms with E-state index >= 15 is 0 Å². The van der Waals surface area contributed by atoms with E-state index in [0.29, 0.717) is 0 Å². The Morgan fingerprint density at radius 1 is 1.30 bits per heavy atom. The average Bonchev–Trinajstić information content (AvgIpc) is 2.83. The number of esters is 1. The average molecular weight is 347 g/mol. The summed E-state index contributed by atoms with van der Waals surface area (Å²) in [7, 11) is -3.23. The van der Waals surface area contributed by atoms with E-state index < -0.39 is 45.4 Å². The maximum absolute atomic E-state index is 13.0. The number of carbonyl (C=O) groups is 2. The molecule has 1 amide bonds. The molecule has 1 saturated heterocycles. The topological polar surface area (TPSA) is 89.5 Å². The SMILES string of the molecule is C[C@H](OC(=O)[C@H]1CCS(=O)(=O)C1)C(=O)Nc1ccc(F)c(F)c1. The number of hydrogen-bond donors (Lipinski definition) is 1. The molecule has 0 aliphatic carbocycles. The highest BCUT2D eigenvalue weighted by molar-refractivity contribution is 7.91. The van der Waals surface area contributed by atoms with Gasteiger partial charge in [-0.2, -0.15) is 0 Å². The van der Waals surface area contributed by atoms with Crippen LogP contribution in [0.25, 0.3) is 0 Å². The molecule has 1 aliphatic rings. The minimum absolute atomic E-state index is 0.0141. The van der Waals surface area contributed by atoms with Crippen LogP contribution in [0.2, 0.25) is 0 Å². The van der Waals surface area contributed by atoms with Crippen molar-refractivity contribution in [3.63, 3.8) is 0 Å². The van der Waals surface area contributed by atoms with Gasteiger partial charge in [-0.05, 0) is 25.5 Å². The predicted molar refractivity (Wildman–Crippen MR) is 77.3 cm³/mol. The van der Waals surface area contributed by atoms with Crippen molar-refractivity contribution in [3.8, 4) is 0 Å². The van der Waals surface area contributed by atoms with Crippen LogP contribution in [0.5, 0.6) is 0 Å². The van der Waals surface area contributed by atoms with E-state index in [0.717, 1.165) is 18.2 Å². The van der Waals surface area contributed by atoms with E-state index in [1.165, 1.54) is 6.92 Å². The first-order valence-corrected chi connectivity index (χ1v) is 8.67. The lowest BCUT2D eigenvalue weighted by molar-refractivity contribution is -0.156. The number of nitrogens with one attached hydrogen (secondary N) is 1. The van der Waals surface area contributed by atoms with E-state index in [-0.39, 0.29) is 23.6 Å². The number of ether oxygens (including phenoxy) is 1. The summed E-state index contributed by atoms with van der Waals surface area (Å²) < 4.78 is 53.4. The fourth-order valence-electron chi connectivity index (χ4n) is 2.12. The van der Waals surface area contributed by atoms with Crippen molar-refractivity contribution in [1.82, 2.24) is 0 Å². The van der Waals surface area contributed by atoms with Crippen LogP contribution in [-0.4, -0.2) is 37.9 Å². The summed E-state index contributed by atoms with van der Waals surface area (Å²) in [5.41, 5.74) is 0.0141. The molecule has 1 heterocycles. The Labute approximate surface area is 131 Å². The van der Waals surface area contributed by atoms with Crippen LogP contribution in [0.15, 0.2) is 18.2 Å². The Hall–Kier alpha value is -2.03. The first kappa shape index (κ1) is 17.3. The first-order valence-electron chi connectivity index (χ1n) is 6.85. The molecule has 0 saturated carbocycles. The second-order valence-electron chi connectivity index (χ2n) is 5.30. The highest BCUT2D eigenvalue weighted by Crippen LogP contribution is 2.20. The Bertz CT molecular complexity index is 735. The third-order valence-corrected chi connectivity index (χ3v) is 5.18. The molecule has 2 atom stereocenters. The molecule has 23 heavy (non-hydrogen) atoms. The molecular formula is C14H15F2NO5S. The second-order valence-corrected chi connectivity index (χ2v) is 7.53. The summed E-state index contributed by atoms with van der Waals surface area (Å²) in [5.74, 6) is -4.82. The maximum atomic E-state index is 13.0. The molecule has 1 aromatic carbocycles. The van der Waals surface area contributed by atoms with Crippen LogP contribution in [0.4, 0.5) is 14.5 Å². The Morgan fingerprint density at radius 3 is 2.57 bits per heavy atom. The molecule has 1 aromatic rings. The molecule has 0 radical (unpaired) electrons. The lowest BCUT2D eigenvalue weighted by atomic mass is 10.1. The molecule has 126 valence electrons. The quantitative estimate of drug-likeness (QED) is 0.829. The fraction of sp³-hybridized carbons (Fsp3) is 0.429. The van der Waals surface area contributed by atoms with Crippen LogP contribution in [-0.2, 0) is 24.2 Å². The number of halogens is 2. The highest BCUT2D eigenvalue weighted by Gasteiger charge is 2.35. The number of hydrogen-bond acceptors (Lipinski definition) is 5. The molecule has 1 N–H and O–H groups in total. The molecule has 1 fully saturated rings. The standard InChI is InChI=1S/C14H15F2NO5S/c1-8(22-14(19)9-4-5-23(20,21)7-9)13(18)17-10-2-3-11(15)12(16)6-10/h2-3,6,8-9H,4-5,7H2,1H3,(H,17,18)/t8-,9-/m0/s1. The van der Waals surface area contributed by atoms with Crippen molar-refractivity contribution in [1.29, 1.82) is 0 Å². The zero-order valence-electron chi connectivity index (χ0n) is 12.2. The Kier molecular flexibility index (Phi) is 4.98.